The van der Waals surface area contributed by atoms with Gasteiger partial charge >= 0.3 is 23.7 Å². The number of hydrogen-bond acceptors (Lipinski definition) is 18. The van der Waals surface area contributed by atoms with Gasteiger partial charge in [-0.05, 0) is 92.1 Å². The first-order valence-electron chi connectivity index (χ1n) is 22.9. The number of hydrogen-bond donors (Lipinski definition) is 3. The molecule has 0 radical (unpaired) electrons. The van der Waals surface area contributed by atoms with Gasteiger partial charge in [0.2, 0.25) is 0 Å². The predicted molar refractivity (Wildman–Crippen MR) is 243 cm³/mol. The Morgan fingerprint density at radius 3 is 2.36 bits per heavy atom. The molecule has 0 saturated carbocycles. The largest absolute Gasteiger partial charge is 0.460 e. The summed E-state index contributed by atoms with van der Waals surface area (Å²) < 4.78 is 40.4. The van der Waals surface area contributed by atoms with Gasteiger partial charge in [-0.2, -0.15) is 4.98 Å². The topological polar surface area (TPSA) is 268 Å². The van der Waals surface area contributed by atoms with Gasteiger partial charge in [0, 0.05) is 49.6 Å². The first-order chi connectivity index (χ1) is 31.6. The van der Waals surface area contributed by atoms with Crippen molar-refractivity contribution >= 4 is 35.3 Å². The Labute approximate surface area is 390 Å². The maximum atomic E-state index is 14.6. The van der Waals surface area contributed by atoms with Crippen LogP contribution in [0, 0.1) is 17.8 Å². The molecule has 3 aromatic rings. The number of aryl methyl sites for hydroxylation is 1. The lowest BCUT2D eigenvalue weighted by Gasteiger charge is -2.46. The zero-order valence-corrected chi connectivity index (χ0v) is 40.1. The highest BCUT2D eigenvalue weighted by Crippen LogP contribution is 2.44. The first kappa shape index (κ1) is 50.9. The van der Waals surface area contributed by atoms with E-state index in [1.54, 1.807) is 57.6 Å². The van der Waals surface area contributed by atoms with E-state index in [0.29, 0.717) is 37.2 Å². The van der Waals surface area contributed by atoms with Crippen molar-refractivity contribution in [3.8, 4) is 11.3 Å². The number of fused-ring (bicyclic) bond motifs is 1. The van der Waals surface area contributed by atoms with E-state index in [2.05, 4.69) is 15.3 Å². The number of Topliss-reactive ketones (excluding diaryl/α,β-unsaturated/α-hetero) is 1. The van der Waals surface area contributed by atoms with E-state index in [1.807, 2.05) is 38.1 Å². The number of nitrogens with two attached hydrogens (primary N) is 2. The Hall–Kier alpha value is -5.48. The standard InChI is InChI=1S/C46H67N9O12/c1-11-34-46(55-20-17-35(48)49-43(55)60)38(54(44(61)67-46)19-13-12-18-53-24-32(50-51-53)30-15-14-16-31(47)22-30)29(6)64-40(58)25(2)23-45(7,62-10)39(27(4)36(56)28(5)41(59)65-34)66-42-37(57)33(52(8)9)21-26(3)63-42/h14-17,20,22,24-29,33-34,37-39,42,57H,11-13,18-19,21,23,47H2,1-10H3,(H2,48,49,60)/t25-,26-,27+,28?,29-,33?,34-,37?,38-,39-,42+,45-,46-/m1/s1. The van der Waals surface area contributed by atoms with Crippen molar-refractivity contribution in [2.24, 2.45) is 17.8 Å². The fraction of sp³-hybridized carbons (Fsp3) is 0.652. The van der Waals surface area contributed by atoms with Gasteiger partial charge in [0.15, 0.2) is 18.2 Å². The number of carbonyl (C=O) groups is 4. The molecular weight excluding hydrogens is 871 g/mol. The van der Waals surface area contributed by atoms with Gasteiger partial charge in [0.1, 0.15) is 35.7 Å². The molecule has 13 atom stereocenters. The monoisotopic (exact) mass is 937 g/mol. The molecule has 1 amide bonds. The average molecular weight is 938 g/mol. The number of nitrogen functional groups attached to an aromatic ring is 2. The molecule has 6 rings (SSSR count). The van der Waals surface area contributed by atoms with Crippen LogP contribution in [0.5, 0.6) is 0 Å². The Balaban J connectivity index is 1.38. The number of aliphatic hydroxyl groups excluding tert-OH is 1. The van der Waals surface area contributed by atoms with Crippen LogP contribution in [0.3, 0.4) is 0 Å². The Morgan fingerprint density at radius 2 is 1.70 bits per heavy atom. The van der Waals surface area contributed by atoms with E-state index in [4.69, 9.17) is 39.9 Å². The van der Waals surface area contributed by atoms with Crippen LogP contribution in [0.4, 0.5) is 16.3 Å². The average Bonchev–Trinajstić information content (AvgIpc) is 3.88. The molecule has 67 heavy (non-hydrogen) atoms. The van der Waals surface area contributed by atoms with Crippen molar-refractivity contribution in [3.63, 3.8) is 0 Å². The van der Waals surface area contributed by atoms with Gasteiger partial charge in [-0.3, -0.25) is 28.5 Å². The number of amides is 1. The number of aliphatic hydroxyl groups is 1. The van der Waals surface area contributed by atoms with Crippen molar-refractivity contribution in [2.45, 2.75) is 147 Å². The SMILES string of the molecule is CC[C@H]1OC(=O)C(C)C(=O)[C@H](C)[C@@H](O[C@@H]2O[C@H](C)CC(N(C)C)C2O)[C@](C)(OC)C[C@@H](C)C(=O)O[C@H](C)[C@H]2N(CCCCn3cc(-c4cccc(N)c4)nn3)C(=O)O[C@]12n1ccc(N)nc1=O. The van der Waals surface area contributed by atoms with Crippen LogP contribution in [0.2, 0.25) is 0 Å². The Bertz CT molecular complexity index is 2310. The lowest BCUT2D eigenvalue weighted by atomic mass is 9.78. The zero-order valence-electron chi connectivity index (χ0n) is 40.1. The molecule has 5 N–H and O–H groups in total. The lowest BCUT2D eigenvalue weighted by molar-refractivity contribution is -0.295. The van der Waals surface area contributed by atoms with E-state index in [0.717, 1.165) is 10.1 Å². The fourth-order valence-corrected chi connectivity index (χ4v) is 9.82. The van der Waals surface area contributed by atoms with Crippen LogP contribution < -0.4 is 17.2 Å². The number of likely N-dealkylation sites (N-methyl/N-ethyl adjacent to an activating group) is 1. The minimum atomic E-state index is -2.20. The van der Waals surface area contributed by atoms with E-state index >= 15 is 0 Å². The highest BCUT2D eigenvalue weighted by Gasteiger charge is 2.64. The van der Waals surface area contributed by atoms with Crippen molar-refractivity contribution in [3.05, 3.63) is 53.2 Å². The molecule has 21 heteroatoms. The van der Waals surface area contributed by atoms with E-state index in [-0.39, 0.29) is 37.4 Å². The smallest absolute Gasteiger partial charge is 0.412 e. The summed E-state index contributed by atoms with van der Waals surface area (Å²) in [4.78, 5) is 79.0. The molecule has 3 saturated heterocycles. The second-order valence-corrected chi connectivity index (χ2v) is 18.6. The molecule has 3 fully saturated rings. The molecule has 0 spiro atoms. The van der Waals surface area contributed by atoms with Crippen LogP contribution in [0.15, 0.2) is 47.5 Å². The van der Waals surface area contributed by atoms with Gasteiger partial charge in [-0.25, -0.2) is 9.59 Å². The van der Waals surface area contributed by atoms with E-state index < -0.39 is 95.3 Å². The molecule has 368 valence electrons. The number of nitrogens with zero attached hydrogens (tertiary/aromatic N) is 7. The minimum Gasteiger partial charge on any atom is -0.460 e. The molecule has 21 nitrogen and oxygen atoms in total. The first-order valence-corrected chi connectivity index (χ1v) is 22.9. The number of unbranched alkanes of at least 4 members (excludes halogenated alkanes) is 1. The van der Waals surface area contributed by atoms with Crippen LogP contribution >= 0.6 is 0 Å². The molecule has 5 heterocycles. The van der Waals surface area contributed by atoms with Crippen molar-refractivity contribution in [1.82, 2.24) is 34.3 Å². The number of aromatic nitrogens is 5. The molecule has 0 bridgehead atoms. The molecule has 3 aliphatic heterocycles. The predicted octanol–water partition coefficient (Wildman–Crippen LogP) is 2.97. The van der Waals surface area contributed by atoms with Crippen molar-refractivity contribution in [2.75, 3.05) is 39.2 Å². The van der Waals surface area contributed by atoms with Crippen molar-refractivity contribution in [1.29, 1.82) is 0 Å². The number of cyclic esters (lactones) is 2. The number of benzene rings is 1. The molecular formula is C46H67N9O12. The summed E-state index contributed by atoms with van der Waals surface area (Å²) in [6.45, 7) is 11.8. The number of esters is 2. The van der Waals surface area contributed by atoms with Gasteiger partial charge in [0.25, 0.3) is 5.72 Å². The van der Waals surface area contributed by atoms with E-state index in [1.165, 1.54) is 31.2 Å². The van der Waals surface area contributed by atoms with E-state index in [9.17, 15) is 29.1 Å². The third kappa shape index (κ3) is 10.5. The van der Waals surface area contributed by atoms with Crippen molar-refractivity contribution < 1.29 is 52.7 Å². The van der Waals surface area contributed by atoms with Crippen LogP contribution in [0.1, 0.15) is 80.6 Å². The summed E-state index contributed by atoms with van der Waals surface area (Å²) in [5.41, 5.74) is 9.38. The summed E-state index contributed by atoms with van der Waals surface area (Å²) in [5, 5.41) is 20.0. The molecule has 0 aliphatic carbocycles. The summed E-state index contributed by atoms with van der Waals surface area (Å²) in [5.74, 6) is -5.92. The van der Waals surface area contributed by atoms with Gasteiger partial charge < -0.3 is 49.9 Å². The normalized spacial score (nSPS) is 33.4. The molecule has 2 aromatic heterocycles. The van der Waals surface area contributed by atoms with Gasteiger partial charge in [-0.15, -0.1) is 5.10 Å². The summed E-state index contributed by atoms with van der Waals surface area (Å²) in [6.07, 6.45) is -3.08. The second kappa shape index (κ2) is 20.8. The van der Waals surface area contributed by atoms with Crippen LogP contribution in [-0.2, 0) is 55.1 Å². The minimum absolute atomic E-state index is 0.0382. The molecule has 3 unspecified atom stereocenters. The quantitative estimate of drug-likeness (QED) is 0.0774. The number of ketones is 1. The third-order valence-electron chi connectivity index (χ3n) is 13.5. The number of methoxy groups -OCH3 is 1. The third-order valence-corrected chi connectivity index (χ3v) is 13.5. The Morgan fingerprint density at radius 1 is 0.985 bits per heavy atom. The number of ether oxygens (including phenoxy) is 6. The lowest BCUT2D eigenvalue weighted by Crippen LogP contribution is -2.63. The molecule has 3 aliphatic rings. The highest BCUT2D eigenvalue weighted by molar-refractivity contribution is 6.00. The highest BCUT2D eigenvalue weighted by atomic mass is 16.7. The maximum Gasteiger partial charge on any atom is 0.412 e. The molecule has 1 aromatic carbocycles. The van der Waals surface area contributed by atoms with Crippen LogP contribution in [0.25, 0.3) is 11.3 Å². The summed E-state index contributed by atoms with van der Waals surface area (Å²) in [7, 11) is 5.09. The number of rotatable bonds is 12. The zero-order chi connectivity index (χ0) is 49.1. The second-order valence-electron chi connectivity index (χ2n) is 18.6. The number of carbonyl (C=O) groups excluding carboxylic acids is 4. The van der Waals surface area contributed by atoms with Crippen LogP contribution in [-0.4, -0.2) is 146 Å². The Kier molecular flexibility index (Phi) is 15.8. The van der Waals surface area contributed by atoms with Gasteiger partial charge in [-0.1, -0.05) is 38.1 Å². The van der Waals surface area contributed by atoms with Gasteiger partial charge in [0.05, 0.1) is 29.9 Å². The summed E-state index contributed by atoms with van der Waals surface area (Å²) >= 11 is 0. The number of anilines is 2. The fourth-order valence-electron chi connectivity index (χ4n) is 9.82. The maximum absolute atomic E-state index is 14.6. The summed E-state index contributed by atoms with van der Waals surface area (Å²) in [6, 6.07) is 6.95.